The molecule has 1 aromatic heterocycles. The number of aromatic nitrogens is 2. The van der Waals surface area contributed by atoms with Crippen LogP contribution in [-0.4, -0.2) is 41.4 Å². The molecule has 0 spiro atoms. The predicted molar refractivity (Wildman–Crippen MR) is 73.7 cm³/mol. The van der Waals surface area contributed by atoms with Crippen LogP contribution in [0.5, 0.6) is 11.5 Å². The number of hydrogen-bond acceptors (Lipinski definition) is 5. The monoisotopic (exact) mass is 292 g/mol. The second-order valence-corrected chi connectivity index (χ2v) is 4.88. The number of hydrogen-bond donors (Lipinski definition) is 2. The summed E-state index contributed by atoms with van der Waals surface area (Å²) in [6.07, 6.45) is 0.0390. The minimum atomic E-state index is -0.933. The minimum absolute atomic E-state index is 0.324. The molecule has 1 aliphatic rings. The van der Waals surface area contributed by atoms with Crippen molar-refractivity contribution in [3.63, 3.8) is 0 Å². The summed E-state index contributed by atoms with van der Waals surface area (Å²) in [7, 11) is 3.13. The van der Waals surface area contributed by atoms with Gasteiger partial charge in [0, 0.05) is 12.1 Å². The van der Waals surface area contributed by atoms with E-state index in [0.29, 0.717) is 30.2 Å². The summed E-state index contributed by atoms with van der Waals surface area (Å²) in [4.78, 5) is 18.6. The van der Waals surface area contributed by atoms with Gasteiger partial charge in [0.15, 0.2) is 17.6 Å². The van der Waals surface area contributed by atoms with Crippen molar-refractivity contribution < 1.29 is 24.1 Å². The largest absolute Gasteiger partial charge is 0.493 e. The Hall–Kier alpha value is -2.28. The van der Waals surface area contributed by atoms with E-state index in [1.807, 2.05) is 0 Å². The van der Waals surface area contributed by atoms with Gasteiger partial charge in [-0.15, -0.1) is 0 Å². The zero-order valence-electron chi connectivity index (χ0n) is 11.8. The molecule has 112 valence electrons. The molecule has 2 unspecified atom stereocenters. The normalized spacial score (nSPS) is 21.6. The molecule has 1 aromatic carbocycles. The molecule has 1 saturated heterocycles. The van der Waals surface area contributed by atoms with Crippen molar-refractivity contribution in [1.82, 2.24) is 9.97 Å². The molecule has 7 nitrogen and oxygen atoms in total. The Balaban J connectivity index is 1.93. The Morgan fingerprint density at radius 1 is 1.33 bits per heavy atom. The highest BCUT2D eigenvalue weighted by Crippen LogP contribution is 2.35. The van der Waals surface area contributed by atoms with Crippen LogP contribution in [0.15, 0.2) is 12.1 Å². The van der Waals surface area contributed by atoms with E-state index in [0.717, 1.165) is 11.0 Å². The Morgan fingerprint density at radius 2 is 2.05 bits per heavy atom. The number of nitrogens with zero attached hydrogens (tertiary/aromatic N) is 1. The van der Waals surface area contributed by atoms with E-state index in [2.05, 4.69) is 9.97 Å². The molecule has 2 aromatic rings. The van der Waals surface area contributed by atoms with Crippen LogP contribution in [0.1, 0.15) is 24.8 Å². The molecule has 2 heterocycles. The second kappa shape index (κ2) is 5.25. The number of H-pyrrole nitrogens is 1. The number of ether oxygens (including phenoxy) is 3. The van der Waals surface area contributed by atoms with Gasteiger partial charge in [-0.3, -0.25) is 0 Å². The average Bonchev–Trinajstić information content (AvgIpc) is 3.11. The molecular weight excluding hydrogens is 276 g/mol. The molecule has 0 saturated carbocycles. The molecule has 0 bridgehead atoms. The Labute approximate surface area is 120 Å². The van der Waals surface area contributed by atoms with Gasteiger partial charge in [-0.25, -0.2) is 9.78 Å². The average molecular weight is 292 g/mol. The quantitative estimate of drug-likeness (QED) is 0.893. The van der Waals surface area contributed by atoms with E-state index in [-0.39, 0.29) is 6.10 Å². The fraction of sp³-hybridized carbons (Fsp3) is 0.429. The lowest BCUT2D eigenvalue weighted by atomic mass is 10.2. The highest BCUT2D eigenvalue weighted by molar-refractivity contribution is 5.80. The highest BCUT2D eigenvalue weighted by atomic mass is 16.5. The molecule has 2 atom stereocenters. The van der Waals surface area contributed by atoms with Gasteiger partial charge in [-0.05, 0) is 12.8 Å². The van der Waals surface area contributed by atoms with Crippen LogP contribution in [0.25, 0.3) is 11.0 Å². The van der Waals surface area contributed by atoms with Gasteiger partial charge in [0.25, 0.3) is 0 Å². The highest BCUT2D eigenvalue weighted by Gasteiger charge is 2.33. The van der Waals surface area contributed by atoms with Crippen molar-refractivity contribution in [2.75, 3.05) is 14.2 Å². The van der Waals surface area contributed by atoms with Gasteiger partial charge < -0.3 is 24.3 Å². The van der Waals surface area contributed by atoms with Gasteiger partial charge in [0.1, 0.15) is 11.9 Å². The van der Waals surface area contributed by atoms with E-state index in [4.69, 9.17) is 19.3 Å². The zero-order chi connectivity index (χ0) is 15.0. The number of fused-ring (bicyclic) bond motifs is 1. The maximum Gasteiger partial charge on any atom is 0.332 e. The summed E-state index contributed by atoms with van der Waals surface area (Å²) in [6, 6.07) is 3.58. The van der Waals surface area contributed by atoms with Crippen molar-refractivity contribution >= 4 is 17.0 Å². The third-order valence-corrected chi connectivity index (χ3v) is 3.61. The number of aromatic amines is 1. The number of aliphatic carboxylic acids is 1. The van der Waals surface area contributed by atoms with E-state index < -0.39 is 12.1 Å². The fourth-order valence-corrected chi connectivity index (χ4v) is 2.53. The van der Waals surface area contributed by atoms with Crippen molar-refractivity contribution in [2.24, 2.45) is 0 Å². The zero-order valence-corrected chi connectivity index (χ0v) is 11.8. The number of nitrogens with one attached hydrogen (secondary N) is 1. The molecule has 21 heavy (non-hydrogen) atoms. The first-order valence-electron chi connectivity index (χ1n) is 6.62. The van der Waals surface area contributed by atoms with Gasteiger partial charge in [-0.2, -0.15) is 0 Å². The smallest absolute Gasteiger partial charge is 0.332 e. The maximum atomic E-state index is 10.9. The summed E-state index contributed by atoms with van der Waals surface area (Å²) in [6.45, 7) is 0. The molecule has 3 rings (SSSR count). The van der Waals surface area contributed by atoms with Crippen LogP contribution >= 0.6 is 0 Å². The standard InChI is InChI=1S/C14H16N2O5/c1-19-11-5-7-8(6-12(11)20-2)16-13(15-7)9-3-4-10(21-9)14(17)18/h5-6,9-10H,3-4H2,1-2H3,(H,15,16)(H,17,18). The SMILES string of the molecule is COc1cc2nc(C3CCC(C(=O)O)O3)[nH]c2cc1OC. The van der Waals surface area contributed by atoms with Crippen LogP contribution in [0.2, 0.25) is 0 Å². The molecular formula is C14H16N2O5. The molecule has 0 amide bonds. The molecule has 1 fully saturated rings. The van der Waals surface area contributed by atoms with Crippen molar-refractivity contribution in [3.8, 4) is 11.5 Å². The number of carbonyl (C=O) groups is 1. The number of methoxy groups -OCH3 is 2. The van der Waals surface area contributed by atoms with E-state index >= 15 is 0 Å². The number of benzene rings is 1. The number of carboxylic acids is 1. The van der Waals surface area contributed by atoms with Crippen LogP contribution in [0.4, 0.5) is 0 Å². The maximum absolute atomic E-state index is 10.9. The second-order valence-electron chi connectivity index (χ2n) is 4.88. The first-order chi connectivity index (χ1) is 10.1. The van der Waals surface area contributed by atoms with Crippen LogP contribution in [0, 0.1) is 0 Å². The Kier molecular flexibility index (Phi) is 3.42. The van der Waals surface area contributed by atoms with Crippen molar-refractivity contribution in [1.29, 1.82) is 0 Å². The summed E-state index contributed by atoms with van der Waals surface area (Å²) < 4.78 is 16.0. The minimum Gasteiger partial charge on any atom is -0.493 e. The Bertz CT molecular complexity index is 640. The summed E-state index contributed by atoms with van der Waals surface area (Å²) in [5.74, 6) is 0.899. The van der Waals surface area contributed by atoms with Crippen molar-refractivity contribution in [3.05, 3.63) is 18.0 Å². The van der Waals surface area contributed by atoms with E-state index in [9.17, 15) is 4.79 Å². The summed E-state index contributed by atoms with van der Waals surface area (Å²) in [5.41, 5.74) is 1.52. The van der Waals surface area contributed by atoms with Gasteiger partial charge in [0.2, 0.25) is 0 Å². The molecule has 0 radical (unpaired) electrons. The van der Waals surface area contributed by atoms with Crippen LogP contribution in [-0.2, 0) is 9.53 Å². The number of rotatable bonds is 4. The third-order valence-electron chi connectivity index (χ3n) is 3.61. The topological polar surface area (TPSA) is 93.7 Å². The molecule has 7 heteroatoms. The first-order valence-corrected chi connectivity index (χ1v) is 6.62. The fourth-order valence-electron chi connectivity index (χ4n) is 2.53. The lowest BCUT2D eigenvalue weighted by Crippen LogP contribution is -2.18. The third kappa shape index (κ3) is 2.40. The van der Waals surface area contributed by atoms with Gasteiger partial charge >= 0.3 is 5.97 Å². The lowest BCUT2D eigenvalue weighted by Gasteiger charge is -2.07. The van der Waals surface area contributed by atoms with E-state index in [1.165, 1.54) is 0 Å². The van der Waals surface area contributed by atoms with Crippen LogP contribution < -0.4 is 9.47 Å². The van der Waals surface area contributed by atoms with Gasteiger partial charge in [-0.1, -0.05) is 0 Å². The summed E-state index contributed by atoms with van der Waals surface area (Å²) in [5, 5.41) is 8.97. The molecule has 1 aliphatic heterocycles. The lowest BCUT2D eigenvalue weighted by molar-refractivity contribution is -0.149. The van der Waals surface area contributed by atoms with E-state index in [1.54, 1.807) is 26.4 Å². The first kappa shape index (κ1) is 13.7. The predicted octanol–water partition coefficient (Wildman–Crippen LogP) is 1.88. The van der Waals surface area contributed by atoms with Gasteiger partial charge in [0.05, 0.1) is 25.3 Å². The number of carboxylic acid groups (broad SMARTS) is 1. The molecule has 2 N–H and O–H groups in total. The molecule has 0 aliphatic carbocycles. The number of imidazole rings is 1. The van der Waals surface area contributed by atoms with Crippen LogP contribution in [0.3, 0.4) is 0 Å². The summed E-state index contributed by atoms with van der Waals surface area (Å²) >= 11 is 0. The Morgan fingerprint density at radius 3 is 2.67 bits per heavy atom. The van der Waals surface area contributed by atoms with Crippen molar-refractivity contribution in [2.45, 2.75) is 25.0 Å².